The third kappa shape index (κ3) is 4.20. The molecule has 3 aromatic rings. The largest absolute Gasteiger partial charge is 0.381 e. The Morgan fingerprint density at radius 2 is 1.97 bits per heavy atom. The minimum Gasteiger partial charge on any atom is -0.381 e. The van der Waals surface area contributed by atoms with Crippen molar-refractivity contribution in [3.63, 3.8) is 0 Å². The number of anilines is 1. The molecule has 10 nitrogen and oxygen atoms in total. The molecule has 5 heterocycles. The minimum atomic E-state index is -0.518. The Balaban J connectivity index is 1.58. The first-order valence-electron chi connectivity index (χ1n) is 11.6. The molecule has 0 aromatic carbocycles. The average Bonchev–Trinajstić information content (AvgIpc) is 3.42. The smallest absolute Gasteiger partial charge is 0.280 e. The predicted molar refractivity (Wildman–Crippen MR) is 125 cm³/mol. The zero-order chi connectivity index (χ0) is 24.9. The summed E-state index contributed by atoms with van der Waals surface area (Å²) in [7, 11) is 0. The lowest BCUT2D eigenvalue weighted by molar-refractivity contribution is -0.116. The topological polar surface area (TPSA) is 111 Å². The first kappa shape index (κ1) is 23.2. The molecule has 5 rings (SSSR count). The van der Waals surface area contributed by atoms with Crippen LogP contribution in [0.5, 0.6) is 0 Å². The fourth-order valence-corrected chi connectivity index (χ4v) is 4.58. The maximum absolute atomic E-state index is 13.6. The van der Waals surface area contributed by atoms with Gasteiger partial charge in [0.2, 0.25) is 5.91 Å². The number of hydrogen-bond donors (Lipinski definition) is 1. The van der Waals surface area contributed by atoms with E-state index >= 15 is 0 Å². The van der Waals surface area contributed by atoms with E-state index in [-0.39, 0.29) is 47.5 Å². The number of aromatic nitrogens is 4. The molecular weight excluding hydrogens is 455 g/mol. The van der Waals surface area contributed by atoms with Crippen molar-refractivity contribution < 1.29 is 18.7 Å². The summed E-state index contributed by atoms with van der Waals surface area (Å²) in [4.78, 5) is 45.6. The second kappa shape index (κ2) is 8.56. The van der Waals surface area contributed by atoms with Gasteiger partial charge in [-0.3, -0.25) is 14.4 Å². The molecule has 1 saturated heterocycles. The van der Waals surface area contributed by atoms with Crippen molar-refractivity contribution in [3.8, 4) is 0 Å². The van der Waals surface area contributed by atoms with E-state index in [9.17, 15) is 18.8 Å². The van der Waals surface area contributed by atoms with Gasteiger partial charge < -0.3 is 19.5 Å². The van der Waals surface area contributed by atoms with Gasteiger partial charge in [0.05, 0.1) is 24.0 Å². The van der Waals surface area contributed by atoms with Crippen molar-refractivity contribution in [2.75, 3.05) is 18.5 Å². The Labute approximate surface area is 200 Å². The van der Waals surface area contributed by atoms with Gasteiger partial charge in [-0.15, -0.1) is 0 Å². The lowest BCUT2D eigenvalue weighted by Gasteiger charge is -2.30. The van der Waals surface area contributed by atoms with Crippen LogP contribution in [0, 0.1) is 5.82 Å². The quantitative estimate of drug-likeness (QED) is 0.610. The van der Waals surface area contributed by atoms with Gasteiger partial charge in [-0.2, -0.15) is 9.61 Å². The molecule has 1 N–H and O–H groups in total. The normalized spacial score (nSPS) is 16.7. The van der Waals surface area contributed by atoms with Crippen LogP contribution in [-0.2, 0) is 28.0 Å². The molecule has 0 saturated carbocycles. The molecule has 0 radical (unpaired) electrons. The van der Waals surface area contributed by atoms with Crippen molar-refractivity contribution in [2.24, 2.45) is 0 Å². The summed E-state index contributed by atoms with van der Waals surface area (Å²) in [6.45, 7) is 6.96. The highest BCUT2D eigenvalue weighted by Crippen LogP contribution is 2.29. The molecule has 184 valence electrons. The second-order valence-electron chi connectivity index (χ2n) is 9.95. The fraction of sp³-hybridized carbons (Fsp3) is 0.458. The van der Waals surface area contributed by atoms with Crippen molar-refractivity contribution in [3.05, 3.63) is 57.5 Å². The Kier molecular flexibility index (Phi) is 5.66. The highest BCUT2D eigenvalue weighted by molar-refractivity contribution is 5.98. The summed E-state index contributed by atoms with van der Waals surface area (Å²) in [5.41, 5.74) is 0.857. The Bertz CT molecular complexity index is 1370. The maximum atomic E-state index is 13.6. The molecule has 3 aromatic heterocycles. The first-order chi connectivity index (χ1) is 16.6. The van der Waals surface area contributed by atoms with E-state index in [0.717, 1.165) is 6.20 Å². The highest BCUT2D eigenvalue weighted by Gasteiger charge is 2.39. The van der Waals surface area contributed by atoms with E-state index in [1.54, 1.807) is 15.5 Å². The van der Waals surface area contributed by atoms with E-state index in [4.69, 9.17) is 4.74 Å². The molecular formula is C24H27FN6O4. The van der Waals surface area contributed by atoms with Crippen molar-refractivity contribution in [1.82, 2.24) is 24.1 Å². The maximum Gasteiger partial charge on any atom is 0.280 e. The van der Waals surface area contributed by atoms with Crippen molar-refractivity contribution >= 4 is 23.3 Å². The summed E-state index contributed by atoms with van der Waals surface area (Å²) in [6.07, 6.45) is 2.39. The molecule has 2 aliphatic heterocycles. The number of pyridine rings is 1. The third-order valence-electron chi connectivity index (χ3n) is 6.46. The van der Waals surface area contributed by atoms with Gasteiger partial charge in [-0.1, -0.05) is 20.8 Å². The van der Waals surface area contributed by atoms with Crippen LogP contribution in [0.15, 0.2) is 29.2 Å². The van der Waals surface area contributed by atoms with Crippen LogP contribution >= 0.6 is 0 Å². The number of halogens is 1. The second-order valence-corrected chi connectivity index (χ2v) is 9.95. The summed E-state index contributed by atoms with van der Waals surface area (Å²) in [6, 6.07) is 4.26. The van der Waals surface area contributed by atoms with Crippen molar-refractivity contribution in [2.45, 2.75) is 58.2 Å². The summed E-state index contributed by atoms with van der Waals surface area (Å²) < 4.78 is 21.5. The van der Waals surface area contributed by atoms with E-state index in [1.165, 1.54) is 16.6 Å². The molecule has 35 heavy (non-hydrogen) atoms. The molecule has 0 spiro atoms. The van der Waals surface area contributed by atoms with Gasteiger partial charge in [-0.25, -0.2) is 9.37 Å². The van der Waals surface area contributed by atoms with Crippen LogP contribution in [0.25, 0.3) is 5.65 Å². The minimum absolute atomic E-state index is 0.0359. The number of nitrogens with one attached hydrogen (secondary N) is 1. The van der Waals surface area contributed by atoms with Crippen LogP contribution in [0.4, 0.5) is 10.2 Å². The Morgan fingerprint density at radius 3 is 2.63 bits per heavy atom. The molecule has 0 bridgehead atoms. The monoisotopic (exact) mass is 482 g/mol. The standard InChI is InChI=1S/C24H27FN6O4/c1-24(2,3)17-10-20-30(13-19(32)27-18-5-4-14(25)11-26-18)21-16(22(33)31(20)28-17)12-29(23(21)34)15-6-8-35-9-7-15/h4-5,10-11,15H,6-9,12-13H2,1-3H3,(H,26,27,32). The number of hydrogen-bond acceptors (Lipinski definition) is 6. The van der Waals surface area contributed by atoms with Gasteiger partial charge in [-0.05, 0) is 25.0 Å². The SMILES string of the molecule is CC(C)(C)c1cc2n(CC(=O)Nc3ccc(F)cn3)c3c(c(=O)n2n1)CN(C1CCOCC1)C3=O. The number of fused-ring (bicyclic) bond motifs is 2. The first-order valence-corrected chi connectivity index (χ1v) is 11.6. The predicted octanol–water partition coefficient (Wildman–Crippen LogP) is 2.10. The Hall–Kier alpha value is -3.60. The molecule has 11 heteroatoms. The summed E-state index contributed by atoms with van der Waals surface area (Å²) >= 11 is 0. The lowest BCUT2D eigenvalue weighted by Crippen LogP contribution is -2.40. The summed E-state index contributed by atoms with van der Waals surface area (Å²) in [5, 5.41) is 7.16. The lowest BCUT2D eigenvalue weighted by atomic mass is 9.93. The van der Waals surface area contributed by atoms with Crippen LogP contribution in [0.1, 0.15) is 55.4 Å². The van der Waals surface area contributed by atoms with Crippen molar-refractivity contribution in [1.29, 1.82) is 0 Å². The average molecular weight is 483 g/mol. The van der Waals surface area contributed by atoms with Gasteiger partial charge in [0, 0.05) is 30.7 Å². The van der Waals surface area contributed by atoms with Crippen LogP contribution in [0.3, 0.4) is 0 Å². The fourth-order valence-electron chi connectivity index (χ4n) is 4.58. The van der Waals surface area contributed by atoms with E-state index < -0.39 is 11.7 Å². The molecule has 0 aliphatic carbocycles. The van der Waals surface area contributed by atoms with E-state index in [1.807, 2.05) is 20.8 Å². The molecule has 1 fully saturated rings. The van der Waals surface area contributed by atoms with Crippen LogP contribution in [-0.4, -0.2) is 55.1 Å². The number of ether oxygens (including phenoxy) is 1. The van der Waals surface area contributed by atoms with Gasteiger partial charge in [0.1, 0.15) is 29.5 Å². The molecule has 2 aliphatic rings. The number of nitrogens with zero attached hydrogens (tertiary/aromatic N) is 5. The van der Waals surface area contributed by atoms with Gasteiger partial charge >= 0.3 is 0 Å². The van der Waals surface area contributed by atoms with Gasteiger partial charge in [0.15, 0.2) is 0 Å². The van der Waals surface area contributed by atoms with E-state index in [0.29, 0.717) is 43.0 Å². The number of carbonyl (C=O) groups is 2. The number of amides is 2. The third-order valence-corrected chi connectivity index (χ3v) is 6.46. The molecule has 0 unspecified atom stereocenters. The Morgan fingerprint density at radius 1 is 1.23 bits per heavy atom. The zero-order valence-corrected chi connectivity index (χ0v) is 19.9. The summed E-state index contributed by atoms with van der Waals surface area (Å²) in [5.74, 6) is -1.08. The molecule has 0 atom stereocenters. The zero-order valence-electron chi connectivity index (χ0n) is 19.9. The number of rotatable bonds is 4. The van der Waals surface area contributed by atoms with Crippen LogP contribution < -0.4 is 10.9 Å². The van der Waals surface area contributed by atoms with E-state index in [2.05, 4.69) is 15.4 Å². The number of carbonyl (C=O) groups excluding carboxylic acids is 2. The highest BCUT2D eigenvalue weighted by atomic mass is 19.1. The molecule has 2 amide bonds. The van der Waals surface area contributed by atoms with Gasteiger partial charge in [0.25, 0.3) is 11.5 Å². The van der Waals surface area contributed by atoms with Crippen LogP contribution in [0.2, 0.25) is 0 Å².